The quantitative estimate of drug-likeness (QED) is 0.717. The van der Waals surface area contributed by atoms with Crippen molar-refractivity contribution in [1.82, 2.24) is 4.98 Å². The van der Waals surface area contributed by atoms with Crippen molar-refractivity contribution in [1.29, 1.82) is 0 Å². The molecule has 21 heavy (non-hydrogen) atoms. The van der Waals surface area contributed by atoms with Gasteiger partial charge in [-0.15, -0.1) is 0 Å². The molecule has 0 bridgehead atoms. The molecule has 0 unspecified atom stereocenters. The second-order valence-corrected chi connectivity index (χ2v) is 5.08. The lowest BCUT2D eigenvalue weighted by Gasteiger charge is -2.04. The fraction of sp³-hybridized carbons (Fsp3) is 0.0556. The Kier molecular flexibility index (Phi) is 2.64. The van der Waals surface area contributed by atoms with Crippen LogP contribution in [0.15, 0.2) is 65.7 Å². The number of carbonyl (C=O) groups is 1. The zero-order valence-electron chi connectivity index (χ0n) is 11.3. The molecule has 1 aliphatic rings. The van der Waals surface area contributed by atoms with Crippen LogP contribution in [-0.2, 0) is 6.42 Å². The highest BCUT2D eigenvalue weighted by Gasteiger charge is 2.22. The van der Waals surface area contributed by atoms with Crippen molar-refractivity contribution in [2.75, 3.05) is 0 Å². The highest BCUT2D eigenvalue weighted by Crippen LogP contribution is 2.21. The van der Waals surface area contributed by atoms with Crippen LogP contribution < -0.4 is 0 Å². The van der Waals surface area contributed by atoms with Crippen LogP contribution in [0.1, 0.15) is 21.6 Å². The van der Waals surface area contributed by atoms with Gasteiger partial charge in [-0.3, -0.25) is 9.78 Å². The van der Waals surface area contributed by atoms with Crippen LogP contribution in [-0.4, -0.2) is 16.6 Å². The van der Waals surface area contributed by atoms with Gasteiger partial charge in [0.25, 0.3) is 5.91 Å². The van der Waals surface area contributed by atoms with Gasteiger partial charge in [-0.05, 0) is 18.2 Å². The van der Waals surface area contributed by atoms with Gasteiger partial charge in [0.05, 0.1) is 16.8 Å². The zero-order valence-corrected chi connectivity index (χ0v) is 11.3. The molecule has 3 aromatic rings. The topological polar surface area (TPSA) is 42.3 Å². The number of hydrogen-bond donors (Lipinski definition) is 0. The molecule has 0 fully saturated rings. The maximum atomic E-state index is 11.9. The molecule has 100 valence electrons. The van der Waals surface area contributed by atoms with Crippen molar-refractivity contribution in [3.63, 3.8) is 0 Å². The molecule has 3 nitrogen and oxygen atoms in total. The monoisotopic (exact) mass is 272 g/mol. The van der Waals surface area contributed by atoms with Crippen LogP contribution in [0.2, 0.25) is 0 Å². The Hall–Kier alpha value is -2.81. The van der Waals surface area contributed by atoms with Crippen LogP contribution in [0.4, 0.5) is 0 Å². The summed E-state index contributed by atoms with van der Waals surface area (Å²) in [5.74, 6) is -0.151. The Morgan fingerprint density at radius 1 is 0.810 bits per heavy atom. The minimum atomic E-state index is -0.151. The number of para-hydroxylation sites is 1. The molecule has 0 aliphatic carbocycles. The molecule has 0 saturated heterocycles. The van der Waals surface area contributed by atoms with Gasteiger partial charge in [0, 0.05) is 23.1 Å². The number of rotatable bonds is 2. The summed E-state index contributed by atoms with van der Waals surface area (Å²) in [5, 5.41) is 1.12. The number of amides is 1. The number of benzene rings is 2. The molecule has 0 radical (unpaired) electrons. The Balaban J connectivity index is 1.72. The molecular weight excluding hydrogens is 260 g/mol. The Bertz CT molecular complexity index is 896. The van der Waals surface area contributed by atoms with Crippen LogP contribution in [0.25, 0.3) is 10.9 Å². The molecule has 3 heteroatoms. The Labute approximate surface area is 122 Å². The molecule has 0 spiro atoms. The largest absolute Gasteiger partial charge is 0.277 e. The predicted octanol–water partition coefficient (Wildman–Crippen LogP) is 3.42. The maximum Gasteiger partial charge on any atom is 0.277 e. The molecule has 4 rings (SSSR count). The summed E-state index contributed by atoms with van der Waals surface area (Å²) in [7, 11) is 0. The van der Waals surface area contributed by atoms with Gasteiger partial charge in [0.15, 0.2) is 0 Å². The summed E-state index contributed by atoms with van der Waals surface area (Å²) in [6.07, 6.45) is 0.577. The average Bonchev–Trinajstić information content (AvgIpc) is 2.84. The van der Waals surface area contributed by atoms with Crippen molar-refractivity contribution in [2.45, 2.75) is 6.42 Å². The number of carbonyl (C=O) groups excluding carboxylic acids is 1. The SMILES string of the molecule is O=C1N=C(Cc2ccc3ccccc3n2)c2ccccc21. The van der Waals surface area contributed by atoms with Gasteiger partial charge in [-0.2, -0.15) is 0 Å². The Morgan fingerprint density at radius 2 is 1.57 bits per heavy atom. The first-order valence-electron chi connectivity index (χ1n) is 6.87. The van der Waals surface area contributed by atoms with Crippen LogP contribution in [0, 0.1) is 0 Å². The molecule has 1 aromatic heterocycles. The molecule has 2 aromatic carbocycles. The third-order valence-electron chi connectivity index (χ3n) is 3.71. The summed E-state index contributed by atoms with van der Waals surface area (Å²) >= 11 is 0. The highest BCUT2D eigenvalue weighted by atomic mass is 16.1. The molecule has 2 heterocycles. The third kappa shape index (κ3) is 2.03. The number of hydrogen-bond acceptors (Lipinski definition) is 2. The van der Waals surface area contributed by atoms with Gasteiger partial charge in [-0.25, -0.2) is 4.99 Å². The number of aromatic nitrogens is 1. The summed E-state index contributed by atoms with van der Waals surface area (Å²) in [5.41, 5.74) is 4.31. The third-order valence-corrected chi connectivity index (χ3v) is 3.71. The van der Waals surface area contributed by atoms with E-state index in [-0.39, 0.29) is 5.91 Å². The fourth-order valence-electron chi connectivity index (χ4n) is 2.68. The van der Waals surface area contributed by atoms with Crippen molar-refractivity contribution < 1.29 is 4.79 Å². The van der Waals surface area contributed by atoms with E-state index >= 15 is 0 Å². The second-order valence-electron chi connectivity index (χ2n) is 5.08. The number of pyridine rings is 1. The van der Waals surface area contributed by atoms with Crippen LogP contribution in [0.5, 0.6) is 0 Å². The van der Waals surface area contributed by atoms with E-state index in [0.29, 0.717) is 12.0 Å². The van der Waals surface area contributed by atoms with Gasteiger partial charge in [0.2, 0.25) is 0 Å². The predicted molar refractivity (Wildman–Crippen MR) is 82.8 cm³/mol. The number of nitrogens with zero attached hydrogens (tertiary/aromatic N) is 2. The lowest BCUT2D eigenvalue weighted by atomic mass is 10.0. The van der Waals surface area contributed by atoms with E-state index in [4.69, 9.17) is 0 Å². The van der Waals surface area contributed by atoms with Crippen molar-refractivity contribution in [3.8, 4) is 0 Å². The van der Waals surface area contributed by atoms with Crippen molar-refractivity contribution in [2.24, 2.45) is 4.99 Å². The maximum absolute atomic E-state index is 11.9. The van der Waals surface area contributed by atoms with Gasteiger partial charge < -0.3 is 0 Å². The summed E-state index contributed by atoms with van der Waals surface area (Å²) in [4.78, 5) is 20.7. The minimum absolute atomic E-state index is 0.151. The summed E-state index contributed by atoms with van der Waals surface area (Å²) in [6.45, 7) is 0. The lowest BCUT2D eigenvalue weighted by Crippen LogP contribution is -2.04. The van der Waals surface area contributed by atoms with Crippen molar-refractivity contribution in [3.05, 3.63) is 77.5 Å². The standard InChI is InChI=1S/C18H12N2O/c21-18-15-7-3-2-6-14(15)17(20-18)11-13-10-9-12-5-1-4-8-16(12)19-13/h1-10H,11H2. The van der Waals surface area contributed by atoms with Crippen molar-refractivity contribution >= 4 is 22.5 Å². The second kappa shape index (κ2) is 4.63. The van der Waals surface area contributed by atoms with E-state index in [1.807, 2.05) is 54.6 Å². The molecule has 0 N–H and O–H groups in total. The average molecular weight is 272 g/mol. The zero-order chi connectivity index (χ0) is 14.2. The molecule has 0 atom stereocenters. The normalized spacial score (nSPS) is 13.3. The highest BCUT2D eigenvalue weighted by molar-refractivity contribution is 6.21. The van der Waals surface area contributed by atoms with Crippen LogP contribution >= 0.6 is 0 Å². The van der Waals surface area contributed by atoms with Gasteiger partial charge >= 0.3 is 0 Å². The van der Waals surface area contributed by atoms with E-state index in [1.54, 1.807) is 0 Å². The first-order valence-corrected chi connectivity index (χ1v) is 6.87. The fourth-order valence-corrected chi connectivity index (χ4v) is 2.68. The molecule has 0 saturated carbocycles. The molecule has 1 amide bonds. The summed E-state index contributed by atoms with van der Waals surface area (Å²) in [6, 6.07) is 19.6. The van der Waals surface area contributed by atoms with Gasteiger partial charge in [-0.1, -0.05) is 42.5 Å². The van der Waals surface area contributed by atoms with E-state index in [0.717, 1.165) is 27.9 Å². The first kappa shape index (κ1) is 12.0. The van der Waals surface area contributed by atoms with E-state index in [1.165, 1.54) is 0 Å². The van der Waals surface area contributed by atoms with E-state index in [9.17, 15) is 4.79 Å². The first-order chi connectivity index (χ1) is 10.3. The van der Waals surface area contributed by atoms with Crippen LogP contribution in [0.3, 0.4) is 0 Å². The van der Waals surface area contributed by atoms with E-state index in [2.05, 4.69) is 16.0 Å². The number of fused-ring (bicyclic) bond motifs is 2. The van der Waals surface area contributed by atoms with E-state index < -0.39 is 0 Å². The smallest absolute Gasteiger partial charge is 0.267 e. The van der Waals surface area contributed by atoms with Gasteiger partial charge in [0.1, 0.15) is 0 Å². The molecular formula is C18H12N2O. The Morgan fingerprint density at radius 3 is 2.48 bits per heavy atom. The molecule has 1 aliphatic heterocycles. The number of aliphatic imine (C=N–C) groups is 1. The lowest BCUT2D eigenvalue weighted by molar-refractivity contribution is 0.101. The minimum Gasteiger partial charge on any atom is -0.267 e. The summed E-state index contributed by atoms with van der Waals surface area (Å²) < 4.78 is 0.